The molecule has 0 aliphatic carbocycles. The SMILES string of the molecule is CC(OCc1ccccc1)C(=O)N1CC(O)C1. The number of nitrogens with zero attached hydrogens (tertiary/aromatic N) is 1. The number of aliphatic hydroxyl groups is 1. The molecule has 0 aromatic heterocycles. The second-order valence-corrected chi connectivity index (χ2v) is 4.34. The Bertz CT molecular complexity index is 374. The molecule has 0 spiro atoms. The molecule has 1 saturated heterocycles. The highest BCUT2D eigenvalue weighted by Gasteiger charge is 2.31. The number of carbonyl (C=O) groups excluding carboxylic acids is 1. The van der Waals surface area contributed by atoms with Crippen LogP contribution < -0.4 is 0 Å². The normalized spacial score (nSPS) is 17.6. The van der Waals surface area contributed by atoms with Crippen LogP contribution >= 0.6 is 0 Å². The van der Waals surface area contributed by atoms with Gasteiger partial charge in [0.1, 0.15) is 6.10 Å². The van der Waals surface area contributed by atoms with Crippen molar-refractivity contribution in [1.82, 2.24) is 4.90 Å². The number of benzene rings is 1. The number of aliphatic hydroxyl groups excluding tert-OH is 1. The molecular formula is C13H17NO3. The monoisotopic (exact) mass is 235 g/mol. The number of hydrogen-bond donors (Lipinski definition) is 1. The van der Waals surface area contributed by atoms with E-state index >= 15 is 0 Å². The maximum atomic E-state index is 11.8. The van der Waals surface area contributed by atoms with Crippen molar-refractivity contribution in [2.24, 2.45) is 0 Å². The van der Waals surface area contributed by atoms with Crippen LogP contribution in [0.25, 0.3) is 0 Å². The van der Waals surface area contributed by atoms with Crippen LogP contribution in [-0.4, -0.2) is 41.2 Å². The molecular weight excluding hydrogens is 218 g/mol. The summed E-state index contributed by atoms with van der Waals surface area (Å²) in [6.07, 6.45) is -0.817. The van der Waals surface area contributed by atoms with E-state index in [9.17, 15) is 4.79 Å². The third-order valence-electron chi connectivity index (χ3n) is 2.86. The van der Waals surface area contributed by atoms with Gasteiger partial charge in [0.2, 0.25) is 0 Å². The summed E-state index contributed by atoms with van der Waals surface area (Å²) in [5.74, 6) is -0.0498. The molecule has 4 nitrogen and oxygen atoms in total. The lowest BCUT2D eigenvalue weighted by Gasteiger charge is -2.37. The van der Waals surface area contributed by atoms with Crippen molar-refractivity contribution in [3.05, 3.63) is 35.9 Å². The highest BCUT2D eigenvalue weighted by molar-refractivity contribution is 5.81. The Hall–Kier alpha value is -1.39. The molecule has 4 heteroatoms. The average Bonchev–Trinajstić information content (AvgIpc) is 2.32. The molecule has 1 unspecified atom stereocenters. The van der Waals surface area contributed by atoms with Gasteiger partial charge in [-0.15, -0.1) is 0 Å². The number of amides is 1. The molecule has 1 heterocycles. The van der Waals surface area contributed by atoms with Gasteiger partial charge < -0.3 is 14.7 Å². The third-order valence-corrected chi connectivity index (χ3v) is 2.86. The van der Waals surface area contributed by atoms with E-state index in [-0.39, 0.29) is 12.0 Å². The van der Waals surface area contributed by atoms with Crippen LogP contribution in [0.3, 0.4) is 0 Å². The fourth-order valence-electron chi connectivity index (χ4n) is 1.76. The summed E-state index contributed by atoms with van der Waals surface area (Å²) in [6, 6.07) is 9.75. The van der Waals surface area contributed by atoms with Crippen molar-refractivity contribution in [1.29, 1.82) is 0 Å². The Morgan fingerprint density at radius 2 is 2.12 bits per heavy atom. The maximum absolute atomic E-state index is 11.8. The number of hydrogen-bond acceptors (Lipinski definition) is 3. The molecule has 1 aliphatic heterocycles. The van der Waals surface area contributed by atoms with E-state index < -0.39 is 6.10 Å². The Morgan fingerprint density at radius 3 is 2.71 bits per heavy atom. The van der Waals surface area contributed by atoms with Crippen molar-refractivity contribution in [3.63, 3.8) is 0 Å². The van der Waals surface area contributed by atoms with E-state index in [2.05, 4.69) is 0 Å². The molecule has 2 rings (SSSR count). The van der Waals surface area contributed by atoms with Crippen LogP contribution in [0.5, 0.6) is 0 Å². The van der Waals surface area contributed by atoms with Gasteiger partial charge in [0.05, 0.1) is 12.7 Å². The van der Waals surface area contributed by atoms with Crippen LogP contribution in [0.2, 0.25) is 0 Å². The Morgan fingerprint density at radius 1 is 1.47 bits per heavy atom. The molecule has 1 N–H and O–H groups in total. The standard InChI is InChI=1S/C13H17NO3/c1-10(13(16)14-7-12(15)8-14)17-9-11-5-3-2-4-6-11/h2-6,10,12,15H,7-9H2,1H3. The number of β-amino-alcohol motifs (C(OH)–C–C–N with tert-alkyl or cyclic N) is 1. The van der Waals surface area contributed by atoms with Gasteiger partial charge in [0.25, 0.3) is 5.91 Å². The minimum absolute atomic E-state index is 0.0498. The summed E-state index contributed by atoms with van der Waals surface area (Å²) in [5.41, 5.74) is 1.05. The molecule has 17 heavy (non-hydrogen) atoms. The molecule has 0 radical (unpaired) electrons. The zero-order valence-corrected chi connectivity index (χ0v) is 9.87. The number of ether oxygens (including phenoxy) is 1. The average molecular weight is 235 g/mol. The summed E-state index contributed by atoms with van der Waals surface area (Å²) < 4.78 is 5.51. The number of carbonyl (C=O) groups is 1. The minimum Gasteiger partial charge on any atom is -0.389 e. The van der Waals surface area contributed by atoms with Crippen LogP contribution in [0.15, 0.2) is 30.3 Å². The summed E-state index contributed by atoms with van der Waals surface area (Å²) >= 11 is 0. The van der Waals surface area contributed by atoms with Gasteiger partial charge in [-0.2, -0.15) is 0 Å². The minimum atomic E-state index is -0.456. The van der Waals surface area contributed by atoms with Crippen LogP contribution in [0.1, 0.15) is 12.5 Å². The third kappa shape index (κ3) is 3.05. The molecule has 1 amide bonds. The van der Waals surface area contributed by atoms with Gasteiger partial charge in [-0.1, -0.05) is 30.3 Å². The second kappa shape index (κ2) is 5.29. The molecule has 92 valence electrons. The Balaban J connectivity index is 1.77. The van der Waals surface area contributed by atoms with E-state index in [4.69, 9.17) is 9.84 Å². The topological polar surface area (TPSA) is 49.8 Å². The summed E-state index contributed by atoms with van der Waals surface area (Å²) in [7, 11) is 0. The Labute approximate surface area is 101 Å². The largest absolute Gasteiger partial charge is 0.389 e. The van der Waals surface area contributed by atoms with Crippen molar-refractivity contribution < 1.29 is 14.6 Å². The van der Waals surface area contributed by atoms with E-state index in [1.54, 1.807) is 11.8 Å². The first-order chi connectivity index (χ1) is 8.16. The maximum Gasteiger partial charge on any atom is 0.251 e. The Kier molecular flexibility index (Phi) is 3.76. The van der Waals surface area contributed by atoms with Gasteiger partial charge in [0, 0.05) is 13.1 Å². The van der Waals surface area contributed by atoms with E-state index in [0.717, 1.165) is 5.56 Å². The van der Waals surface area contributed by atoms with E-state index in [1.165, 1.54) is 0 Å². The molecule has 0 saturated carbocycles. The van der Waals surface area contributed by atoms with E-state index in [1.807, 2.05) is 30.3 Å². The van der Waals surface area contributed by atoms with Crippen molar-refractivity contribution in [2.75, 3.05) is 13.1 Å². The summed E-state index contributed by atoms with van der Waals surface area (Å²) in [6.45, 7) is 3.04. The highest BCUT2D eigenvalue weighted by Crippen LogP contribution is 2.12. The van der Waals surface area contributed by atoms with Gasteiger partial charge in [-0.3, -0.25) is 4.79 Å². The molecule has 1 atom stereocenters. The van der Waals surface area contributed by atoms with E-state index in [0.29, 0.717) is 19.7 Å². The number of likely N-dealkylation sites (tertiary alicyclic amines) is 1. The first-order valence-corrected chi connectivity index (χ1v) is 5.79. The summed E-state index contributed by atoms with van der Waals surface area (Å²) in [4.78, 5) is 13.4. The first kappa shape index (κ1) is 12.1. The predicted octanol–water partition coefficient (Wildman–Crippen LogP) is 0.795. The number of rotatable bonds is 4. The van der Waals surface area contributed by atoms with Gasteiger partial charge in [-0.25, -0.2) is 0 Å². The van der Waals surface area contributed by atoms with Gasteiger partial charge in [0.15, 0.2) is 0 Å². The van der Waals surface area contributed by atoms with Crippen LogP contribution in [0, 0.1) is 0 Å². The molecule has 1 fully saturated rings. The quantitative estimate of drug-likeness (QED) is 0.839. The fraction of sp³-hybridized carbons (Fsp3) is 0.462. The highest BCUT2D eigenvalue weighted by atomic mass is 16.5. The summed E-state index contributed by atoms with van der Waals surface area (Å²) in [5, 5.41) is 9.12. The lowest BCUT2D eigenvalue weighted by atomic mass is 10.1. The fourth-order valence-corrected chi connectivity index (χ4v) is 1.76. The zero-order chi connectivity index (χ0) is 12.3. The zero-order valence-electron chi connectivity index (χ0n) is 9.87. The van der Waals surface area contributed by atoms with Gasteiger partial charge >= 0.3 is 0 Å². The van der Waals surface area contributed by atoms with Crippen molar-refractivity contribution in [2.45, 2.75) is 25.7 Å². The first-order valence-electron chi connectivity index (χ1n) is 5.79. The lowest BCUT2D eigenvalue weighted by Crippen LogP contribution is -2.56. The molecule has 1 aliphatic rings. The smallest absolute Gasteiger partial charge is 0.251 e. The second-order valence-electron chi connectivity index (χ2n) is 4.34. The van der Waals surface area contributed by atoms with Crippen LogP contribution in [-0.2, 0) is 16.1 Å². The molecule has 1 aromatic rings. The van der Waals surface area contributed by atoms with Crippen molar-refractivity contribution in [3.8, 4) is 0 Å². The molecule has 1 aromatic carbocycles. The molecule has 0 bridgehead atoms. The van der Waals surface area contributed by atoms with Crippen molar-refractivity contribution >= 4 is 5.91 Å². The van der Waals surface area contributed by atoms with Crippen LogP contribution in [0.4, 0.5) is 0 Å². The predicted molar refractivity (Wildman–Crippen MR) is 63.3 cm³/mol. The lowest BCUT2D eigenvalue weighted by molar-refractivity contribution is -0.153. The van der Waals surface area contributed by atoms with Gasteiger partial charge in [-0.05, 0) is 12.5 Å².